The van der Waals surface area contributed by atoms with E-state index < -0.39 is 0 Å². The second-order valence-corrected chi connectivity index (χ2v) is 6.98. The lowest BCUT2D eigenvalue weighted by molar-refractivity contribution is -0.129. The highest BCUT2D eigenvalue weighted by atomic mass is 16.5. The number of methoxy groups -OCH3 is 1. The van der Waals surface area contributed by atoms with Crippen molar-refractivity contribution in [3.8, 4) is 5.75 Å². The van der Waals surface area contributed by atoms with Crippen LogP contribution in [0, 0.1) is 5.92 Å². The van der Waals surface area contributed by atoms with E-state index in [4.69, 9.17) is 9.47 Å². The lowest BCUT2D eigenvalue weighted by atomic mass is 9.83. The van der Waals surface area contributed by atoms with Gasteiger partial charge in [0.05, 0.1) is 19.3 Å². The predicted octanol–water partition coefficient (Wildman–Crippen LogP) is 2.80. The molecule has 27 heavy (non-hydrogen) atoms. The van der Waals surface area contributed by atoms with Crippen LogP contribution in [0.25, 0.3) is 0 Å². The van der Waals surface area contributed by atoms with Gasteiger partial charge in [0.2, 0.25) is 11.8 Å². The predicted molar refractivity (Wildman–Crippen MR) is 104 cm³/mol. The lowest BCUT2D eigenvalue weighted by Crippen LogP contribution is -2.50. The number of carbonyl (C=O) groups excluding carboxylic acids is 2. The Bertz CT molecular complexity index is 620. The van der Waals surface area contributed by atoms with Crippen molar-refractivity contribution in [2.45, 2.75) is 64.6 Å². The molecule has 0 unspecified atom stereocenters. The Labute approximate surface area is 162 Å². The third-order valence-electron chi connectivity index (χ3n) is 5.01. The number of benzene rings is 1. The first-order valence-electron chi connectivity index (χ1n) is 9.89. The molecular weight excluding hydrogens is 344 g/mol. The smallest absolute Gasteiger partial charge is 0.223 e. The first-order valence-corrected chi connectivity index (χ1v) is 9.89. The fraction of sp³-hybridized carbons (Fsp3) is 0.619. The summed E-state index contributed by atoms with van der Waals surface area (Å²) in [4.78, 5) is 24.5. The molecule has 2 amide bonds. The molecule has 6 nitrogen and oxygen atoms in total. The lowest BCUT2D eigenvalue weighted by Gasteiger charge is -2.36. The Morgan fingerprint density at radius 3 is 2.67 bits per heavy atom. The van der Waals surface area contributed by atoms with E-state index in [1.54, 1.807) is 7.11 Å². The van der Waals surface area contributed by atoms with Crippen LogP contribution in [-0.2, 0) is 20.9 Å². The summed E-state index contributed by atoms with van der Waals surface area (Å²) in [5.41, 5.74) is 0.955. The SMILES string of the molecule is CCCO[C@@H]1C[C@@H](C(=O)NCc2ccccc2OC)CC[C@H]1NC(=O)CC. The van der Waals surface area contributed by atoms with Crippen molar-refractivity contribution in [1.82, 2.24) is 10.6 Å². The molecule has 2 N–H and O–H groups in total. The van der Waals surface area contributed by atoms with E-state index in [-0.39, 0.29) is 29.9 Å². The molecule has 150 valence electrons. The van der Waals surface area contributed by atoms with Gasteiger partial charge in [0, 0.05) is 31.1 Å². The van der Waals surface area contributed by atoms with Crippen molar-refractivity contribution in [1.29, 1.82) is 0 Å². The minimum atomic E-state index is -0.115. The van der Waals surface area contributed by atoms with Gasteiger partial charge in [-0.1, -0.05) is 32.0 Å². The monoisotopic (exact) mass is 376 g/mol. The molecule has 1 aliphatic rings. The normalized spacial score (nSPS) is 22.1. The molecule has 1 fully saturated rings. The summed E-state index contributed by atoms with van der Waals surface area (Å²) in [7, 11) is 1.63. The molecule has 0 bridgehead atoms. The van der Waals surface area contributed by atoms with E-state index in [2.05, 4.69) is 17.6 Å². The standard InChI is InChI=1S/C21H32N2O4/c1-4-12-27-19-13-15(10-11-17(19)23-20(24)5-2)21(25)22-14-16-8-6-7-9-18(16)26-3/h6-9,15,17,19H,4-5,10-14H2,1-3H3,(H,22,25)(H,23,24)/t15-,17+,19+/m0/s1. The Morgan fingerprint density at radius 2 is 1.96 bits per heavy atom. The number of rotatable bonds is 9. The maximum atomic E-state index is 12.7. The first-order chi connectivity index (χ1) is 13.1. The van der Waals surface area contributed by atoms with Gasteiger partial charge in [-0.15, -0.1) is 0 Å². The molecule has 6 heteroatoms. The second kappa shape index (κ2) is 10.9. The molecule has 1 saturated carbocycles. The number of para-hydroxylation sites is 1. The van der Waals surface area contributed by atoms with Crippen molar-refractivity contribution >= 4 is 11.8 Å². The quantitative estimate of drug-likeness (QED) is 0.695. The van der Waals surface area contributed by atoms with Crippen LogP contribution in [0.1, 0.15) is 51.5 Å². The zero-order chi connectivity index (χ0) is 19.6. The van der Waals surface area contributed by atoms with E-state index >= 15 is 0 Å². The maximum absolute atomic E-state index is 12.7. The van der Waals surface area contributed by atoms with Gasteiger partial charge in [0.1, 0.15) is 5.75 Å². The highest BCUT2D eigenvalue weighted by Gasteiger charge is 2.35. The molecule has 3 atom stereocenters. The zero-order valence-electron chi connectivity index (χ0n) is 16.6. The summed E-state index contributed by atoms with van der Waals surface area (Å²) < 4.78 is 11.3. The first kappa shape index (κ1) is 21.2. The van der Waals surface area contributed by atoms with Gasteiger partial charge in [-0.3, -0.25) is 9.59 Å². The number of amides is 2. The van der Waals surface area contributed by atoms with Crippen LogP contribution in [0.3, 0.4) is 0 Å². The minimum Gasteiger partial charge on any atom is -0.496 e. The maximum Gasteiger partial charge on any atom is 0.223 e. The van der Waals surface area contributed by atoms with Crippen molar-refractivity contribution in [3.63, 3.8) is 0 Å². The summed E-state index contributed by atoms with van der Waals surface area (Å²) in [6.45, 7) is 4.97. The molecule has 2 rings (SSSR count). The van der Waals surface area contributed by atoms with Crippen LogP contribution in [0.4, 0.5) is 0 Å². The van der Waals surface area contributed by atoms with E-state index in [0.717, 1.165) is 30.6 Å². The number of ether oxygens (including phenoxy) is 2. The van der Waals surface area contributed by atoms with Gasteiger partial charge in [-0.2, -0.15) is 0 Å². The molecule has 0 aromatic heterocycles. The number of hydrogen-bond donors (Lipinski definition) is 2. The average molecular weight is 376 g/mol. The van der Waals surface area contributed by atoms with E-state index in [1.807, 2.05) is 31.2 Å². The molecule has 1 aromatic carbocycles. The molecule has 0 aliphatic heterocycles. The van der Waals surface area contributed by atoms with Crippen LogP contribution >= 0.6 is 0 Å². The van der Waals surface area contributed by atoms with Crippen LogP contribution in [0.2, 0.25) is 0 Å². The van der Waals surface area contributed by atoms with E-state index in [0.29, 0.717) is 26.0 Å². The van der Waals surface area contributed by atoms with Gasteiger partial charge in [-0.25, -0.2) is 0 Å². The van der Waals surface area contributed by atoms with Gasteiger partial charge < -0.3 is 20.1 Å². The highest BCUT2D eigenvalue weighted by molar-refractivity contribution is 5.79. The van der Waals surface area contributed by atoms with Crippen LogP contribution in [0.15, 0.2) is 24.3 Å². The molecule has 0 spiro atoms. The van der Waals surface area contributed by atoms with Crippen molar-refractivity contribution in [2.75, 3.05) is 13.7 Å². The Hall–Kier alpha value is -2.08. The summed E-state index contributed by atoms with van der Waals surface area (Å²) >= 11 is 0. The molecule has 1 aromatic rings. The number of hydrogen-bond acceptors (Lipinski definition) is 4. The van der Waals surface area contributed by atoms with Crippen molar-refractivity contribution < 1.29 is 19.1 Å². The Balaban J connectivity index is 1.93. The Morgan fingerprint density at radius 1 is 1.19 bits per heavy atom. The molecule has 0 saturated heterocycles. The average Bonchev–Trinajstić information content (AvgIpc) is 2.71. The highest BCUT2D eigenvalue weighted by Crippen LogP contribution is 2.28. The zero-order valence-corrected chi connectivity index (χ0v) is 16.6. The fourth-order valence-electron chi connectivity index (χ4n) is 3.47. The van der Waals surface area contributed by atoms with Gasteiger partial charge in [-0.05, 0) is 31.7 Å². The Kier molecular flexibility index (Phi) is 8.58. The van der Waals surface area contributed by atoms with E-state index in [1.165, 1.54) is 0 Å². The van der Waals surface area contributed by atoms with Crippen molar-refractivity contribution in [2.24, 2.45) is 5.92 Å². The second-order valence-electron chi connectivity index (χ2n) is 6.98. The summed E-state index contributed by atoms with van der Waals surface area (Å²) in [6, 6.07) is 7.66. The summed E-state index contributed by atoms with van der Waals surface area (Å²) in [5.74, 6) is 0.736. The van der Waals surface area contributed by atoms with Crippen LogP contribution in [0.5, 0.6) is 5.75 Å². The van der Waals surface area contributed by atoms with Crippen LogP contribution < -0.4 is 15.4 Å². The molecule has 1 aliphatic carbocycles. The topological polar surface area (TPSA) is 76.7 Å². The fourth-order valence-corrected chi connectivity index (χ4v) is 3.47. The summed E-state index contributed by atoms with van der Waals surface area (Å²) in [5, 5.41) is 6.07. The van der Waals surface area contributed by atoms with Gasteiger partial charge in [0.15, 0.2) is 0 Å². The van der Waals surface area contributed by atoms with Gasteiger partial charge >= 0.3 is 0 Å². The molecule has 0 radical (unpaired) electrons. The number of nitrogens with one attached hydrogen (secondary N) is 2. The third kappa shape index (κ3) is 6.24. The number of carbonyl (C=O) groups is 2. The van der Waals surface area contributed by atoms with Crippen LogP contribution in [-0.4, -0.2) is 37.7 Å². The van der Waals surface area contributed by atoms with E-state index in [9.17, 15) is 9.59 Å². The largest absolute Gasteiger partial charge is 0.496 e. The summed E-state index contributed by atoms with van der Waals surface area (Å²) in [6.07, 6.45) is 3.39. The molecule has 0 heterocycles. The molecular formula is C21H32N2O4. The van der Waals surface area contributed by atoms with Gasteiger partial charge in [0.25, 0.3) is 0 Å². The van der Waals surface area contributed by atoms with Crippen molar-refractivity contribution in [3.05, 3.63) is 29.8 Å². The third-order valence-corrected chi connectivity index (χ3v) is 5.01. The minimum absolute atomic E-state index is 0.0118.